The van der Waals surface area contributed by atoms with Crippen molar-refractivity contribution >= 4 is 12.0 Å². The molecule has 0 bridgehead atoms. The van der Waals surface area contributed by atoms with Crippen LogP contribution in [-0.4, -0.2) is 86.2 Å². The number of urea groups is 1. The van der Waals surface area contributed by atoms with E-state index in [0.717, 1.165) is 44.0 Å². The van der Waals surface area contributed by atoms with Crippen LogP contribution in [0.5, 0.6) is 5.75 Å². The third kappa shape index (κ3) is 5.19. The summed E-state index contributed by atoms with van der Waals surface area (Å²) in [5.41, 5.74) is 2.01. The summed E-state index contributed by atoms with van der Waals surface area (Å²) in [7, 11) is 1.60. The minimum absolute atomic E-state index is 0.203. The molecule has 8 heteroatoms. The van der Waals surface area contributed by atoms with Gasteiger partial charge in [-0.3, -0.25) is 9.80 Å². The highest BCUT2D eigenvalue weighted by Gasteiger charge is 2.38. The van der Waals surface area contributed by atoms with Gasteiger partial charge in [0.05, 0.1) is 25.3 Å². The average molecular weight is 431 g/mol. The summed E-state index contributed by atoms with van der Waals surface area (Å²) in [5, 5.41) is 3.00. The van der Waals surface area contributed by atoms with Crippen molar-refractivity contribution in [2.45, 2.75) is 26.8 Å². The number of ether oxygens (including phenoxy) is 2. The summed E-state index contributed by atoms with van der Waals surface area (Å²) in [6, 6.07) is 6.66. The molecule has 1 aromatic rings. The fraction of sp³-hybridized carbons (Fsp3) is 0.565. The van der Waals surface area contributed by atoms with E-state index in [1.807, 2.05) is 31.2 Å². The quantitative estimate of drug-likeness (QED) is 0.638. The Morgan fingerprint density at radius 1 is 1.10 bits per heavy atom. The molecule has 2 amide bonds. The van der Waals surface area contributed by atoms with Gasteiger partial charge < -0.3 is 19.7 Å². The second kappa shape index (κ2) is 10.6. The highest BCUT2D eigenvalue weighted by Crippen LogP contribution is 2.33. The summed E-state index contributed by atoms with van der Waals surface area (Å²) in [5.74, 6) is 0.279. The third-order valence-corrected chi connectivity index (χ3v) is 5.96. The van der Waals surface area contributed by atoms with Gasteiger partial charge in [-0.2, -0.15) is 0 Å². The lowest BCUT2D eigenvalue weighted by molar-refractivity contribution is -0.139. The van der Waals surface area contributed by atoms with Crippen LogP contribution in [0.3, 0.4) is 0 Å². The van der Waals surface area contributed by atoms with Crippen molar-refractivity contribution in [3.05, 3.63) is 41.1 Å². The zero-order valence-corrected chi connectivity index (χ0v) is 19.0. The number of methoxy groups -OCH3 is 1. The van der Waals surface area contributed by atoms with E-state index in [-0.39, 0.29) is 12.6 Å². The van der Waals surface area contributed by atoms with Crippen molar-refractivity contribution in [3.8, 4) is 5.75 Å². The van der Waals surface area contributed by atoms with E-state index in [9.17, 15) is 9.59 Å². The van der Waals surface area contributed by atoms with E-state index >= 15 is 0 Å². The lowest BCUT2D eigenvalue weighted by Crippen LogP contribution is -2.53. The van der Waals surface area contributed by atoms with Crippen molar-refractivity contribution in [1.82, 2.24) is 20.0 Å². The molecular formula is C23H34N4O4. The molecule has 1 atom stereocenters. The number of hydrogen-bond donors (Lipinski definition) is 1. The Morgan fingerprint density at radius 2 is 1.81 bits per heavy atom. The van der Waals surface area contributed by atoms with E-state index < -0.39 is 12.0 Å². The SMILES string of the molecule is CCOC(=O)C1=C(CN2CCN(CC)CC2)N(CC)C(=O)N[C@H]1c1cccc(OC)c1. The Kier molecular flexibility index (Phi) is 7.92. The van der Waals surface area contributed by atoms with Gasteiger partial charge in [0.2, 0.25) is 0 Å². The first-order chi connectivity index (χ1) is 15.0. The maximum Gasteiger partial charge on any atom is 0.338 e. The van der Waals surface area contributed by atoms with Crippen LogP contribution in [0.25, 0.3) is 0 Å². The maximum absolute atomic E-state index is 13.1. The van der Waals surface area contributed by atoms with Crippen LogP contribution in [-0.2, 0) is 9.53 Å². The van der Waals surface area contributed by atoms with E-state index in [0.29, 0.717) is 24.4 Å². The lowest BCUT2D eigenvalue weighted by Gasteiger charge is -2.40. The van der Waals surface area contributed by atoms with E-state index in [1.165, 1.54) is 0 Å². The van der Waals surface area contributed by atoms with Crippen molar-refractivity contribution in [1.29, 1.82) is 0 Å². The molecule has 2 heterocycles. The third-order valence-electron chi connectivity index (χ3n) is 5.96. The van der Waals surface area contributed by atoms with Crippen LogP contribution in [0.1, 0.15) is 32.4 Å². The predicted octanol–water partition coefficient (Wildman–Crippen LogP) is 2.24. The number of rotatable bonds is 8. The summed E-state index contributed by atoms with van der Waals surface area (Å²) in [6.45, 7) is 12.0. The highest BCUT2D eigenvalue weighted by atomic mass is 16.5. The Morgan fingerprint density at radius 3 is 2.42 bits per heavy atom. The number of piperazine rings is 1. The predicted molar refractivity (Wildman–Crippen MR) is 119 cm³/mol. The van der Waals surface area contributed by atoms with Gasteiger partial charge in [0.1, 0.15) is 5.75 Å². The molecule has 0 unspecified atom stereocenters. The molecule has 3 rings (SSSR count). The number of nitrogens with one attached hydrogen (secondary N) is 1. The molecule has 0 aromatic heterocycles. The normalized spacial score (nSPS) is 20.6. The highest BCUT2D eigenvalue weighted by molar-refractivity contribution is 5.95. The van der Waals surface area contributed by atoms with Crippen LogP contribution in [0.4, 0.5) is 4.79 Å². The minimum Gasteiger partial charge on any atom is -0.497 e. The van der Waals surface area contributed by atoms with Crippen LogP contribution >= 0.6 is 0 Å². The summed E-state index contributed by atoms with van der Waals surface area (Å²) in [4.78, 5) is 32.5. The molecule has 0 radical (unpaired) electrons. The second-order valence-corrected chi connectivity index (χ2v) is 7.69. The van der Waals surface area contributed by atoms with Gasteiger partial charge in [-0.05, 0) is 38.1 Å². The molecule has 0 spiro atoms. The van der Waals surface area contributed by atoms with Gasteiger partial charge in [0.15, 0.2) is 0 Å². The van der Waals surface area contributed by atoms with Gasteiger partial charge in [-0.15, -0.1) is 0 Å². The Bertz CT molecular complexity index is 818. The van der Waals surface area contributed by atoms with Crippen molar-refractivity contribution in [3.63, 3.8) is 0 Å². The topological polar surface area (TPSA) is 74.4 Å². The van der Waals surface area contributed by atoms with E-state index in [4.69, 9.17) is 9.47 Å². The van der Waals surface area contributed by atoms with Gasteiger partial charge in [0.25, 0.3) is 0 Å². The molecule has 1 aromatic carbocycles. The zero-order valence-electron chi connectivity index (χ0n) is 19.0. The first kappa shape index (κ1) is 23.1. The molecule has 1 saturated heterocycles. The van der Waals surface area contributed by atoms with E-state index in [1.54, 1.807) is 18.9 Å². The minimum atomic E-state index is -0.587. The Hall–Kier alpha value is -2.58. The number of carbonyl (C=O) groups excluding carboxylic acids is 2. The first-order valence-corrected chi connectivity index (χ1v) is 11.1. The number of likely N-dealkylation sites (N-methyl/N-ethyl adjacent to an activating group) is 2. The Balaban J connectivity index is 2.02. The number of nitrogens with zero attached hydrogens (tertiary/aromatic N) is 3. The van der Waals surface area contributed by atoms with Gasteiger partial charge in [-0.25, -0.2) is 9.59 Å². The van der Waals surface area contributed by atoms with E-state index in [2.05, 4.69) is 22.0 Å². The van der Waals surface area contributed by atoms with Crippen LogP contribution < -0.4 is 10.1 Å². The largest absolute Gasteiger partial charge is 0.497 e. The number of esters is 1. The molecule has 1 N–H and O–H groups in total. The maximum atomic E-state index is 13.1. The Labute approximate surface area is 184 Å². The molecule has 31 heavy (non-hydrogen) atoms. The molecule has 0 saturated carbocycles. The van der Waals surface area contributed by atoms with Crippen LogP contribution in [0.15, 0.2) is 35.5 Å². The fourth-order valence-electron chi connectivity index (χ4n) is 4.20. The summed E-state index contributed by atoms with van der Waals surface area (Å²) < 4.78 is 10.8. The first-order valence-electron chi connectivity index (χ1n) is 11.1. The van der Waals surface area contributed by atoms with Crippen LogP contribution in [0.2, 0.25) is 0 Å². The number of carbonyl (C=O) groups is 2. The van der Waals surface area contributed by atoms with Crippen molar-refractivity contribution in [2.24, 2.45) is 0 Å². The molecular weight excluding hydrogens is 396 g/mol. The average Bonchev–Trinajstić information content (AvgIpc) is 2.79. The number of hydrogen-bond acceptors (Lipinski definition) is 6. The molecule has 170 valence electrons. The standard InChI is InChI=1S/C23H34N4O4/c1-5-25-11-13-26(14-12-25)16-19-20(22(28)31-7-3)21(24-23(29)27(19)6-2)17-9-8-10-18(15-17)30-4/h8-10,15,21H,5-7,11-14,16H2,1-4H3,(H,24,29)/t21-/m0/s1. The lowest BCUT2D eigenvalue weighted by atomic mass is 9.94. The fourth-order valence-corrected chi connectivity index (χ4v) is 4.20. The molecule has 2 aliphatic heterocycles. The van der Waals surface area contributed by atoms with Gasteiger partial charge in [0, 0.05) is 45.0 Å². The zero-order chi connectivity index (χ0) is 22.4. The number of benzene rings is 1. The van der Waals surface area contributed by atoms with Gasteiger partial charge in [-0.1, -0.05) is 19.1 Å². The molecule has 2 aliphatic rings. The van der Waals surface area contributed by atoms with Gasteiger partial charge >= 0.3 is 12.0 Å². The second-order valence-electron chi connectivity index (χ2n) is 7.69. The molecule has 8 nitrogen and oxygen atoms in total. The smallest absolute Gasteiger partial charge is 0.338 e. The summed E-state index contributed by atoms with van der Waals surface area (Å²) in [6.07, 6.45) is 0. The van der Waals surface area contributed by atoms with Crippen LogP contribution in [0, 0.1) is 0 Å². The number of amides is 2. The van der Waals surface area contributed by atoms with Crippen molar-refractivity contribution < 1.29 is 19.1 Å². The molecule has 1 fully saturated rings. The monoisotopic (exact) mass is 430 g/mol. The molecule has 0 aliphatic carbocycles. The van der Waals surface area contributed by atoms with Crippen molar-refractivity contribution in [2.75, 3.05) is 59.5 Å². The summed E-state index contributed by atoms with van der Waals surface area (Å²) >= 11 is 0.